The molecule has 0 spiro atoms. The fourth-order valence-electron chi connectivity index (χ4n) is 2.21. The minimum absolute atomic E-state index is 0.210. The Bertz CT molecular complexity index is 473. The monoisotopic (exact) mass is 283 g/mol. The van der Waals surface area contributed by atoms with Crippen LogP contribution in [-0.4, -0.2) is 26.5 Å². The van der Waals surface area contributed by atoms with Crippen LogP contribution >= 0.6 is 0 Å². The van der Waals surface area contributed by atoms with E-state index in [1.54, 1.807) is 0 Å². The van der Waals surface area contributed by atoms with Gasteiger partial charge in [0, 0.05) is 18.0 Å². The number of hydrogen-bond donors (Lipinski definition) is 1. The molecule has 1 N–H and O–H groups in total. The SMILES string of the molecule is CCCS(=O)(=O)CCNc1c(CC)cccc1CC. The summed E-state index contributed by atoms with van der Waals surface area (Å²) >= 11 is 0. The van der Waals surface area contributed by atoms with E-state index in [1.165, 1.54) is 11.1 Å². The Hall–Kier alpha value is -1.03. The summed E-state index contributed by atoms with van der Waals surface area (Å²) in [4.78, 5) is 0. The predicted octanol–water partition coefficient (Wildman–Crippen LogP) is 3.05. The van der Waals surface area contributed by atoms with Crippen LogP contribution in [0.4, 0.5) is 5.69 Å². The van der Waals surface area contributed by atoms with Crippen LogP contribution in [0.15, 0.2) is 18.2 Å². The zero-order valence-corrected chi connectivity index (χ0v) is 13.0. The number of hydrogen-bond acceptors (Lipinski definition) is 3. The molecule has 0 saturated heterocycles. The lowest BCUT2D eigenvalue weighted by atomic mass is 10.0. The molecule has 0 radical (unpaired) electrons. The Morgan fingerprint density at radius 1 is 1.00 bits per heavy atom. The smallest absolute Gasteiger partial charge is 0.152 e. The van der Waals surface area contributed by atoms with Crippen molar-refractivity contribution in [2.75, 3.05) is 23.4 Å². The fraction of sp³-hybridized carbons (Fsp3) is 0.600. The minimum atomic E-state index is -2.90. The summed E-state index contributed by atoms with van der Waals surface area (Å²) in [7, 11) is -2.90. The van der Waals surface area contributed by atoms with E-state index in [0.29, 0.717) is 13.0 Å². The molecule has 108 valence electrons. The third kappa shape index (κ3) is 4.86. The summed E-state index contributed by atoms with van der Waals surface area (Å²) in [6.45, 7) is 6.63. The molecular weight excluding hydrogens is 258 g/mol. The molecule has 0 aliphatic heterocycles. The van der Waals surface area contributed by atoms with Gasteiger partial charge in [-0.15, -0.1) is 0 Å². The van der Waals surface area contributed by atoms with Crippen molar-refractivity contribution in [3.05, 3.63) is 29.3 Å². The van der Waals surface area contributed by atoms with Crippen LogP contribution in [0.1, 0.15) is 38.3 Å². The highest BCUT2D eigenvalue weighted by molar-refractivity contribution is 7.91. The van der Waals surface area contributed by atoms with Crippen LogP contribution in [-0.2, 0) is 22.7 Å². The van der Waals surface area contributed by atoms with Crippen LogP contribution < -0.4 is 5.32 Å². The number of para-hydroxylation sites is 1. The molecule has 0 aromatic heterocycles. The molecule has 3 nitrogen and oxygen atoms in total. The molecule has 0 fully saturated rings. The molecule has 1 aromatic rings. The normalized spacial score (nSPS) is 11.5. The largest absolute Gasteiger partial charge is 0.384 e. The Labute approximate surface area is 117 Å². The number of benzene rings is 1. The van der Waals surface area contributed by atoms with Gasteiger partial charge >= 0.3 is 0 Å². The molecule has 0 amide bonds. The summed E-state index contributed by atoms with van der Waals surface area (Å²) in [5, 5.41) is 3.32. The van der Waals surface area contributed by atoms with Gasteiger partial charge in [0.15, 0.2) is 9.84 Å². The second-order valence-corrected chi connectivity index (χ2v) is 7.04. The summed E-state index contributed by atoms with van der Waals surface area (Å²) in [6, 6.07) is 6.26. The molecule has 4 heteroatoms. The van der Waals surface area contributed by atoms with E-state index in [1.807, 2.05) is 6.92 Å². The molecule has 0 aliphatic rings. The van der Waals surface area contributed by atoms with Crippen LogP contribution in [0.25, 0.3) is 0 Å². The zero-order valence-electron chi connectivity index (χ0n) is 12.2. The lowest BCUT2D eigenvalue weighted by Gasteiger charge is -2.15. The predicted molar refractivity (Wildman–Crippen MR) is 82.6 cm³/mol. The van der Waals surface area contributed by atoms with Gasteiger partial charge in [0.25, 0.3) is 0 Å². The van der Waals surface area contributed by atoms with Crippen molar-refractivity contribution in [2.45, 2.75) is 40.0 Å². The van der Waals surface area contributed by atoms with E-state index in [2.05, 4.69) is 37.4 Å². The van der Waals surface area contributed by atoms with E-state index < -0.39 is 9.84 Å². The molecule has 0 atom stereocenters. The van der Waals surface area contributed by atoms with Gasteiger partial charge in [-0.25, -0.2) is 8.42 Å². The van der Waals surface area contributed by atoms with Gasteiger partial charge < -0.3 is 5.32 Å². The van der Waals surface area contributed by atoms with Gasteiger partial charge in [0.2, 0.25) is 0 Å². The van der Waals surface area contributed by atoms with Gasteiger partial charge in [0.1, 0.15) is 0 Å². The highest BCUT2D eigenvalue weighted by atomic mass is 32.2. The molecule has 1 aromatic carbocycles. The Balaban J connectivity index is 2.72. The van der Waals surface area contributed by atoms with Gasteiger partial charge in [-0.1, -0.05) is 39.0 Å². The van der Waals surface area contributed by atoms with Gasteiger partial charge in [-0.2, -0.15) is 0 Å². The first-order valence-electron chi connectivity index (χ1n) is 7.09. The lowest BCUT2D eigenvalue weighted by molar-refractivity contribution is 0.595. The first-order chi connectivity index (χ1) is 9.04. The van der Waals surface area contributed by atoms with E-state index in [9.17, 15) is 8.42 Å². The van der Waals surface area contributed by atoms with Crippen LogP contribution in [0.5, 0.6) is 0 Å². The first-order valence-corrected chi connectivity index (χ1v) is 8.91. The number of anilines is 1. The van der Waals surface area contributed by atoms with Crippen molar-refractivity contribution in [3.63, 3.8) is 0 Å². The number of rotatable bonds is 8. The van der Waals surface area contributed by atoms with Crippen LogP contribution in [0.3, 0.4) is 0 Å². The molecule has 0 saturated carbocycles. The Morgan fingerprint density at radius 3 is 2.05 bits per heavy atom. The van der Waals surface area contributed by atoms with E-state index in [-0.39, 0.29) is 11.5 Å². The first kappa shape index (κ1) is 16.0. The quantitative estimate of drug-likeness (QED) is 0.797. The highest BCUT2D eigenvalue weighted by Gasteiger charge is 2.10. The summed E-state index contributed by atoms with van der Waals surface area (Å²) < 4.78 is 23.4. The standard InChI is InChI=1S/C15H25NO2S/c1-4-11-19(17,18)12-10-16-15-13(5-2)8-7-9-14(15)6-3/h7-9,16H,4-6,10-12H2,1-3H3. The third-order valence-corrected chi connectivity index (χ3v) is 5.09. The van der Waals surface area contributed by atoms with E-state index in [0.717, 1.165) is 18.5 Å². The average Bonchev–Trinajstić information content (AvgIpc) is 2.38. The second kappa shape index (κ2) is 7.53. The number of aryl methyl sites for hydroxylation is 2. The van der Waals surface area contributed by atoms with Gasteiger partial charge in [0.05, 0.1) is 5.75 Å². The van der Waals surface area contributed by atoms with Crippen molar-refractivity contribution in [3.8, 4) is 0 Å². The molecule has 0 aliphatic carbocycles. The fourth-order valence-corrected chi connectivity index (χ4v) is 3.45. The Morgan fingerprint density at radius 2 is 1.58 bits per heavy atom. The maximum Gasteiger partial charge on any atom is 0.152 e. The lowest BCUT2D eigenvalue weighted by Crippen LogP contribution is -2.19. The summed E-state index contributed by atoms with van der Waals surface area (Å²) in [5.41, 5.74) is 3.64. The third-order valence-electron chi connectivity index (χ3n) is 3.23. The highest BCUT2D eigenvalue weighted by Crippen LogP contribution is 2.22. The molecule has 0 unspecified atom stereocenters. The van der Waals surface area contributed by atoms with Crippen molar-refractivity contribution < 1.29 is 8.42 Å². The molecule has 0 heterocycles. The average molecular weight is 283 g/mol. The number of nitrogens with one attached hydrogen (secondary N) is 1. The van der Waals surface area contributed by atoms with E-state index >= 15 is 0 Å². The van der Waals surface area contributed by atoms with E-state index in [4.69, 9.17) is 0 Å². The maximum atomic E-state index is 11.7. The minimum Gasteiger partial charge on any atom is -0.384 e. The van der Waals surface area contributed by atoms with Crippen LogP contribution in [0, 0.1) is 0 Å². The summed E-state index contributed by atoms with van der Waals surface area (Å²) in [5.74, 6) is 0.493. The molecule has 0 bridgehead atoms. The second-order valence-electron chi connectivity index (χ2n) is 4.74. The van der Waals surface area contributed by atoms with Crippen molar-refractivity contribution in [1.82, 2.24) is 0 Å². The zero-order chi connectivity index (χ0) is 14.3. The van der Waals surface area contributed by atoms with Crippen molar-refractivity contribution in [1.29, 1.82) is 0 Å². The van der Waals surface area contributed by atoms with Crippen molar-refractivity contribution >= 4 is 15.5 Å². The van der Waals surface area contributed by atoms with Gasteiger partial charge in [-0.05, 0) is 30.4 Å². The molecule has 19 heavy (non-hydrogen) atoms. The van der Waals surface area contributed by atoms with Gasteiger partial charge in [-0.3, -0.25) is 0 Å². The summed E-state index contributed by atoms with van der Waals surface area (Å²) in [6.07, 6.45) is 2.60. The molecule has 1 rings (SSSR count). The number of sulfone groups is 1. The molecular formula is C15H25NO2S. The topological polar surface area (TPSA) is 46.2 Å². The Kier molecular flexibility index (Phi) is 6.35. The van der Waals surface area contributed by atoms with Crippen molar-refractivity contribution in [2.24, 2.45) is 0 Å². The maximum absolute atomic E-state index is 11.7. The van der Waals surface area contributed by atoms with Crippen LogP contribution in [0.2, 0.25) is 0 Å².